The maximum absolute atomic E-state index is 14.1. The molecule has 2 aromatic carbocycles. The first-order valence-corrected chi connectivity index (χ1v) is 9.07. The Hall–Kier alpha value is -3.39. The smallest absolute Gasteiger partial charge is 0.333 e. The van der Waals surface area contributed by atoms with Crippen LogP contribution in [0.4, 0.5) is 4.39 Å². The van der Waals surface area contributed by atoms with E-state index in [4.69, 9.17) is 18.9 Å². The van der Waals surface area contributed by atoms with Crippen molar-refractivity contribution in [3.8, 4) is 28.4 Å². The van der Waals surface area contributed by atoms with E-state index in [1.165, 1.54) is 12.1 Å². The highest BCUT2D eigenvalue weighted by Crippen LogP contribution is 2.34. The van der Waals surface area contributed by atoms with E-state index in [1.807, 2.05) is 0 Å². The Labute approximate surface area is 174 Å². The Morgan fingerprint density at radius 1 is 0.967 bits per heavy atom. The zero-order valence-electron chi connectivity index (χ0n) is 16.8. The number of benzene rings is 2. The summed E-state index contributed by atoms with van der Waals surface area (Å²) in [5, 5.41) is 0. The van der Waals surface area contributed by atoms with Gasteiger partial charge in [0.25, 0.3) is 6.47 Å². The predicted molar refractivity (Wildman–Crippen MR) is 107 cm³/mol. The number of ether oxygens (including phenoxy) is 5. The second kappa shape index (κ2) is 11.6. The van der Waals surface area contributed by atoms with Gasteiger partial charge in [-0.05, 0) is 42.3 Å². The number of halogens is 1. The van der Waals surface area contributed by atoms with Crippen LogP contribution in [0.25, 0.3) is 11.1 Å². The van der Waals surface area contributed by atoms with Crippen LogP contribution in [-0.2, 0) is 19.1 Å². The van der Waals surface area contributed by atoms with Crippen molar-refractivity contribution in [2.24, 2.45) is 0 Å². The van der Waals surface area contributed by atoms with Gasteiger partial charge in [0.1, 0.15) is 19.8 Å². The van der Waals surface area contributed by atoms with Gasteiger partial charge in [-0.1, -0.05) is 18.7 Å². The van der Waals surface area contributed by atoms with Gasteiger partial charge in [-0.15, -0.1) is 0 Å². The third-order valence-electron chi connectivity index (χ3n) is 3.85. The monoisotopic (exact) mass is 418 g/mol. The second-order valence-corrected chi connectivity index (χ2v) is 6.13. The second-order valence-electron chi connectivity index (χ2n) is 6.13. The molecule has 2 rings (SSSR count). The van der Waals surface area contributed by atoms with Crippen molar-refractivity contribution in [1.29, 1.82) is 0 Å². The Morgan fingerprint density at radius 3 is 2.23 bits per heavy atom. The van der Waals surface area contributed by atoms with Crippen LogP contribution in [0.2, 0.25) is 0 Å². The van der Waals surface area contributed by atoms with Gasteiger partial charge in [0, 0.05) is 12.7 Å². The first-order valence-electron chi connectivity index (χ1n) is 9.07. The van der Waals surface area contributed by atoms with E-state index in [-0.39, 0.29) is 25.4 Å². The van der Waals surface area contributed by atoms with Crippen LogP contribution >= 0.6 is 0 Å². The van der Waals surface area contributed by atoms with Crippen molar-refractivity contribution in [2.45, 2.75) is 6.92 Å². The molecule has 0 aliphatic rings. The third kappa shape index (κ3) is 6.59. The van der Waals surface area contributed by atoms with Gasteiger partial charge in [0.15, 0.2) is 23.1 Å². The standard InChI is InChI=1S/C22H23FO7/c1-15(2)22(25)29-11-10-28-21-13-17(5-7-20(21)27-9-8-26-3)16-4-6-19(30-14-24)18(23)12-16/h4-7,12-14H,1,8-11H2,2-3H3. The highest BCUT2D eigenvalue weighted by atomic mass is 19.1. The van der Waals surface area contributed by atoms with E-state index in [9.17, 15) is 14.0 Å². The molecule has 7 nitrogen and oxygen atoms in total. The van der Waals surface area contributed by atoms with Crippen LogP contribution in [0.3, 0.4) is 0 Å². The van der Waals surface area contributed by atoms with Gasteiger partial charge in [-0.3, -0.25) is 4.79 Å². The van der Waals surface area contributed by atoms with Gasteiger partial charge in [0.2, 0.25) is 0 Å². The number of carbonyl (C=O) groups is 2. The van der Waals surface area contributed by atoms with Gasteiger partial charge >= 0.3 is 5.97 Å². The lowest BCUT2D eigenvalue weighted by Gasteiger charge is -2.15. The minimum atomic E-state index is -0.672. The van der Waals surface area contributed by atoms with Crippen molar-refractivity contribution >= 4 is 12.4 Å². The summed E-state index contributed by atoms with van der Waals surface area (Å²) in [7, 11) is 1.56. The molecule has 0 N–H and O–H groups in total. The van der Waals surface area contributed by atoms with Crippen LogP contribution in [-0.4, -0.2) is 46.0 Å². The Bertz CT molecular complexity index is 895. The summed E-state index contributed by atoms with van der Waals surface area (Å²) in [4.78, 5) is 21.9. The molecule has 0 fully saturated rings. The lowest BCUT2D eigenvalue weighted by molar-refractivity contribution is -0.139. The van der Waals surface area contributed by atoms with E-state index >= 15 is 0 Å². The number of carbonyl (C=O) groups excluding carboxylic acids is 2. The third-order valence-corrected chi connectivity index (χ3v) is 3.85. The molecule has 8 heteroatoms. The van der Waals surface area contributed by atoms with E-state index in [1.54, 1.807) is 38.3 Å². The maximum Gasteiger partial charge on any atom is 0.333 e. The highest BCUT2D eigenvalue weighted by Gasteiger charge is 2.12. The fraction of sp³-hybridized carbons (Fsp3) is 0.273. The van der Waals surface area contributed by atoms with Gasteiger partial charge < -0.3 is 23.7 Å². The Kier molecular flexibility index (Phi) is 8.83. The average Bonchev–Trinajstić information content (AvgIpc) is 2.73. The normalized spacial score (nSPS) is 10.2. The van der Waals surface area contributed by atoms with E-state index in [0.29, 0.717) is 41.4 Å². The van der Waals surface area contributed by atoms with Crippen LogP contribution in [0.5, 0.6) is 17.2 Å². The fourth-order valence-corrected chi connectivity index (χ4v) is 2.39. The van der Waals surface area contributed by atoms with E-state index < -0.39 is 11.8 Å². The molecule has 160 valence electrons. The minimum Gasteiger partial charge on any atom is -0.487 e. The molecular weight excluding hydrogens is 395 g/mol. The molecule has 0 atom stereocenters. The molecule has 0 saturated heterocycles. The minimum absolute atomic E-state index is 0.0276. The number of rotatable bonds is 12. The lowest BCUT2D eigenvalue weighted by atomic mass is 10.0. The molecule has 0 radical (unpaired) electrons. The number of hydrogen-bond donors (Lipinski definition) is 0. The topological polar surface area (TPSA) is 80.3 Å². The van der Waals surface area contributed by atoms with Crippen LogP contribution < -0.4 is 14.2 Å². The largest absolute Gasteiger partial charge is 0.487 e. The summed E-state index contributed by atoms with van der Waals surface area (Å²) < 4.78 is 40.0. The SMILES string of the molecule is C=C(C)C(=O)OCCOc1cc(-c2ccc(OC=O)c(F)c2)ccc1OCCOC. The summed E-state index contributed by atoms with van der Waals surface area (Å²) in [5.74, 6) is -0.484. The molecular formula is C22H23FO7. The molecule has 0 heterocycles. The predicted octanol–water partition coefficient (Wildman–Crippen LogP) is 3.55. The summed E-state index contributed by atoms with van der Waals surface area (Å²) in [5.41, 5.74) is 1.50. The molecule has 30 heavy (non-hydrogen) atoms. The summed E-state index contributed by atoms with van der Waals surface area (Å²) in [6, 6.07) is 9.33. The molecule has 0 amide bonds. The van der Waals surface area contributed by atoms with Crippen LogP contribution in [0.15, 0.2) is 48.6 Å². The zero-order chi connectivity index (χ0) is 21.9. The zero-order valence-corrected chi connectivity index (χ0v) is 16.8. The molecule has 0 aliphatic carbocycles. The fourth-order valence-electron chi connectivity index (χ4n) is 2.39. The molecule has 0 spiro atoms. The Morgan fingerprint density at radius 2 is 1.60 bits per heavy atom. The van der Waals surface area contributed by atoms with E-state index in [2.05, 4.69) is 11.3 Å². The molecule has 2 aromatic rings. The van der Waals surface area contributed by atoms with Gasteiger partial charge in [-0.2, -0.15) is 0 Å². The first kappa shape index (κ1) is 22.9. The summed E-state index contributed by atoms with van der Waals surface area (Å²) >= 11 is 0. The van der Waals surface area contributed by atoms with Crippen LogP contribution in [0.1, 0.15) is 6.92 Å². The molecule has 0 saturated carbocycles. The van der Waals surface area contributed by atoms with Crippen molar-refractivity contribution in [3.63, 3.8) is 0 Å². The number of methoxy groups -OCH3 is 1. The molecule has 0 unspecified atom stereocenters. The average molecular weight is 418 g/mol. The first-order chi connectivity index (χ1) is 14.5. The van der Waals surface area contributed by atoms with Crippen molar-refractivity contribution in [1.82, 2.24) is 0 Å². The molecule has 0 aromatic heterocycles. The lowest BCUT2D eigenvalue weighted by Crippen LogP contribution is -2.13. The van der Waals surface area contributed by atoms with E-state index in [0.717, 1.165) is 0 Å². The number of esters is 1. The van der Waals surface area contributed by atoms with Crippen molar-refractivity contribution in [3.05, 3.63) is 54.4 Å². The van der Waals surface area contributed by atoms with Crippen LogP contribution in [0, 0.1) is 5.82 Å². The molecule has 0 aliphatic heterocycles. The van der Waals surface area contributed by atoms with Crippen molar-refractivity contribution < 1.29 is 37.7 Å². The van der Waals surface area contributed by atoms with Crippen molar-refractivity contribution in [2.75, 3.05) is 33.5 Å². The van der Waals surface area contributed by atoms with Gasteiger partial charge in [0.05, 0.1) is 6.61 Å². The van der Waals surface area contributed by atoms with Gasteiger partial charge in [-0.25, -0.2) is 9.18 Å². The molecule has 0 bridgehead atoms. The number of hydrogen-bond acceptors (Lipinski definition) is 7. The highest BCUT2D eigenvalue weighted by molar-refractivity contribution is 5.86. The quantitative estimate of drug-likeness (QED) is 0.226. The summed E-state index contributed by atoms with van der Waals surface area (Å²) in [6.45, 7) is 6.04. The Balaban J connectivity index is 2.18. The maximum atomic E-state index is 14.1. The summed E-state index contributed by atoms with van der Waals surface area (Å²) in [6.07, 6.45) is 0.